The number of carbonyl (C=O) groups is 1. The summed E-state index contributed by atoms with van der Waals surface area (Å²) in [6.07, 6.45) is 5.79. The van der Waals surface area contributed by atoms with Gasteiger partial charge in [-0.3, -0.25) is 14.2 Å². The number of imidazole rings is 1. The van der Waals surface area contributed by atoms with Gasteiger partial charge in [0.05, 0.1) is 31.4 Å². The van der Waals surface area contributed by atoms with Crippen molar-refractivity contribution in [2.75, 3.05) is 14.2 Å². The van der Waals surface area contributed by atoms with Crippen molar-refractivity contribution >= 4 is 16.8 Å². The highest BCUT2D eigenvalue weighted by Crippen LogP contribution is 2.29. The van der Waals surface area contributed by atoms with E-state index in [9.17, 15) is 9.59 Å². The molecule has 4 rings (SSSR count). The van der Waals surface area contributed by atoms with E-state index in [0.29, 0.717) is 35.4 Å². The second-order valence-electron chi connectivity index (χ2n) is 7.88. The highest BCUT2D eigenvalue weighted by atomic mass is 16.5. The Hall–Kier alpha value is -4.14. The van der Waals surface area contributed by atoms with Gasteiger partial charge in [-0.1, -0.05) is 30.3 Å². The van der Waals surface area contributed by atoms with E-state index in [1.54, 1.807) is 18.3 Å². The third-order valence-electron chi connectivity index (χ3n) is 5.69. The standard InChI is InChI=1S/C25H27N5O4/c1-29-13-11-26-24(29)23(17-8-5-4-6-9-17)28-22(31)10-7-12-30-16-27-19-15-21(34-3)20(33-2)14-18(19)25(30)32/h4-6,8-9,11,13-16,23H,7,10,12H2,1-3H3,(H,28,31). The molecule has 1 unspecified atom stereocenters. The molecule has 0 aliphatic carbocycles. The Morgan fingerprint density at radius 1 is 1.09 bits per heavy atom. The van der Waals surface area contributed by atoms with Crippen molar-refractivity contribution < 1.29 is 14.3 Å². The predicted octanol–water partition coefficient (Wildman–Crippen LogP) is 2.83. The first kappa shape index (κ1) is 23.0. The van der Waals surface area contributed by atoms with Gasteiger partial charge in [-0.2, -0.15) is 0 Å². The molecule has 0 radical (unpaired) electrons. The summed E-state index contributed by atoms with van der Waals surface area (Å²) >= 11 is 0. The Balaban J connectivity index is 1.45. The van der Waals surface area contributed by atoms with Gasteiger partial charge < -0.3 is 19.4 Å². The molecule has 1 amide bonds. The van der Waals surface area contributed by atoms with Gasteiger partial charge in [0.15, 0.2) is 11.5 Å². The third kappa shape index (κ3) is 4.78. The van der Waals surface area contributed by atoms with Gasteiger partial charge in [-0.05, 0) is 18.1 Å². The summed E-state index contributed by atoms with van der Waals surface area (Å²) in [5.74, 6) is 1.60. The monoisotopic (exact) mass is 461 g/mol. The van der Waals surface area contributed by atoms with E-state index in [1.807, 2.05) is 48.1 Å². The smallest absolute Gasteiger partial charge is 0.261 e. The number of carbonyl (C=O) groups excluding carboxylic acids is 1. The van der Waals surface area contributed by atoms with Crippen molar-refractivity contribution in [3.63, 3.8) is 0 Å². The number of fused-ring (bicyclic) bond motifs is 1. The van der Waals surface area contributed by atoms with Crippen molar-refractivity contribution in [1.82, 2.24) is 24.4 Å². The maximum atomic E-state index is 12.9. The maximum absolute atomic E-state index is 12.9. The molecule has 9 nitrogen and oxygen atoms in total. The molecule has 0 aliphatic rings. The zero-order valence-corrected chi connectivity index (χ0v) is 19.4. The number of amides is 1. The SMILES string of the molecule is COc1cc2ncn(CCCC(=O)NC(c3ccccc3)c3nccn3C)c(=O)c2cc1OC. The summed E-state index contributed by atoms with van der Waals surface area (Å²) in [4.78, 5) is 34.5. The zero-order valence-electron chi connectivity index (χ0n) is 19.4. The Kier molecular flexibility index (Phi) is 6.91. The van der Waals surface area contributed by atoms with Crippen LogP contribution < -0.4 is 20.3 Å². The molecule has 176 valence electrons. The van der Waals surface area contributed by atoms with Gasteiger partial charge in [0.1, 0.15) is 11.9 Å². The lowest BCUT2D eigenvalue weighted by atomic mass is 10.1. The van der Waals surface area contributed by atoms with Crippen LogP contribution in [0.5, 0.6) is 11.5 Å². The van der Waals surface area contributed by atoms with Gasteiger partial charge in [-0.25, -0.2) is 9.97 Å². The topological polar surface area (TPSA) is 100 Å². The first-order valence-electron chi connectivity index (χ1n) is 10.9. The van der Waals surface area contributed by atoms with E-state index in [1.165, 1.54) is 25.1 Å². The average molecular weight is 462 g/mol. The second-order valence-corrected chi connectivity index (χ2v) is 7.88. The number of rotatable bonds is 9. The number of hydrogen-bond donors (Lipinski definition) is 1. The Labute approximate surface area is 197 Å². The van der Waals surface area contributed by atoms with Crippen LogP contribution in [0.3, 0.4) is 0 Å². The van der Waals surface area contributed by atoms with E-state index < -0.39 is 0 Å². The number of benzene rings is 2. The van der Waals surface area contributed by atoms with Crippen LogP contribution in [0.1, 0.15) is 30.3 Å². The van der Waals surface area contributed by atoms with Crippen LogP contribution in [0.15, 0.2) is 66.0 Å². The summed E-state index contributed by atoms with van der Waals surface area (Å²) in [5.41, 5.74) is 1.28. The predicted molar refractivity (Wildman–Crippen MR) is 128 cm³/mol. The van der Waals surface area contributed by atoms with Gasteiger partial charge in [0.2, 0.25) is 5.91 Å². The second kappa shape index (κ2) is 10.2. The Bertz CT molecular complexity index is 1350. The number of nitrogens with zero attached hydrogens (tertiary/aromatic N) is 4. The van der Waals surface area contributed by atoms with E-state index in [4.69, 9.17) is 9.47 Å². The van der Waals surface area contributed by atoms with Gasteiger partial charge in [0.25, 0.3) is 5.56 Å². The fraction of sp³-hybridized carbons (Fsp3) is 0.280. The van der Waals surface area contributed by atoms with Gasteiger partial charge >= 0.3 is 0 Å². The summed E-state index contributed by atoms with van der Waals surface area (Å²) in [6, 6.07) is 12.7. The number of nitrogens with one attached hydrogen (secondary N) is 1. The summed E-state index contributed by atoms with van der Waals surface area (Å²) in [6.45, 7) is 0.363. The minimum Gasteiger partial charge on any atom is -0.493 e. The molecule has 0 aliphatic heterocycles. The normalized spacial score (nSPS) is 11.9. The fourth-order valence-electron chi connectivity index (χ4n) is 3.89. The van der Waals surface area contributed by atoms with Crippen LogP contribution in [0.4, 0.5) is 0 Å². The number of methoxy groups -OCH3 is 2. The van der Waals surface area contributed by atoms with Crippen molar-refractivity contribution in [2.45, 2.75) is 25.4 Å². The molecule has 34 heavy (non-hydrogen) atoms. The molecule has 0 saturated heterocycles. The number of aromatic nitrogens is 4. The lowest BCUT2D eigenvalue weighted by Crippen LogP contribution is -2.31. The Morgan fingerprint density at radius 2 is 1.82 bits per heavy atom. The molecular formula is C25H27N5O4. The number of ether oxygens (including phenoxy) is 2. The summed E-state index contributed by atoms with van der Waals surface area (Å²) in [5, 5.41) is 3.51. The number of aryl methyl sites for hydroxylation is 2. The number of hydrogen-bond acceptors (Lipinski definition) is 6. The average Bonchev–Trinajstić information content (AvgIpc) is 3.29. The maximum Gasteiger partial charge on any atom is 0.261 e. The molecule has 0 saturated carbocycles. The van der Waals surface area contributed by atoms with Gasteiger partial charge in [-0.15, -0.1) is 0 Å². The van der Waals surface area contributed by atoms with Crippen molar-refractivity contribution in [1.29, 1.82) is 0 Å². The van der Waals surface area contributed by atoms with Crippen LogP contribution in [0.25, 0.3) is 10.9 Å². The first-order valence-corrected chi connectivity index (χ1v) is 10.9. The zero-order chi connectivity index (χ0) is 24.1. The van der Waals surface area contributed by atoms with Crippen LogP contribution in [-0.4, -0.2) is 39.2 Å². The Morgan fingerprint density at radius 3 is 2.50 bits per heavy atom. The molecular weight excluding hydrogens is 434 g/mol. The minimum absolute atomic E-state index is 0.120. The molecule has 0 spiro atoms. The molecule has 2 aromatic heterocycles. The quantitative estimate of drug-likeness (QED) is 0.411. The third-order valence-corrected chi connectivity index (χ3v) is 5.69. The lowest BCUT2D eigenvalue weighted by Gasteiger charge is -2.19. The molecule has 0 fully saturated rings. The van der Waals surface area contributed by atoms with Crippen LogP contribution in [0.2, 0.25) is 0 Å². The molecule has 1 atom stereocenters. The van der Waals surface area contributed by atoms with E-state index in [0.717, 1.165) is 11.4 Å². The minimum atomic E-state index is -0.360. The van der Waals surface area contributed by atoms with E-state index in [-0.39, 0.29) is 23.9 Å². The summed E-state index contributed by atoms with van der Waals surface area (Å²) in [7, 11) is 4.95. The molecule has 1 N–H and O–H groups in total. The van der Waals surface area contributed by atoms with Crippen LogP contribution >= 0.6 is 0 Å². The molecule has 2 heterocycles. The molecule has 4 aromatic rings. The fourth-order valence-corrected chi connectivity index (χ4v) is 3.89. The highest BCUT2D eigenvalue weighted by molar-refractivity contribution is 5.81. The molecule has 0 bridgehead atoms. The largest absolute Gasteiger partial charge is 0.493 e. The highest BCUT2D eigenvalue weighted by Gasteiger charge is 2.20. The van der Waals surface area contributed by atoms with Crippen molar-refractivity contribution in [3.8, 4) is 11.5 Å². The molecule has 2 aromatic carbocycles. The van der Waals surface area contributed by atoms with E-state index in [2.05, 4.69) is 15.3 Å². The first-order chi connectivity index (χ1) is 16.5. The van der Waals surface area contributed by atoms with Crippen LogP contribution in [0, 0.1) is 0 Å². The van der Waals surface area contributed by atoms with Crippen LogP contribution in [-0.2, 0) is 18.4 Å². The summed E-state index contributed by atoms with van der Waals surface area (Å²) < 4.78 is 14.0. The van der Waals surface area contributed by atoms with Gasteiger partial charge in [0, 0.05) is 38.5 Å². The lowest BCUT2D eigenvalue weighted by molar-refractivity contribution is -0.121. The molecule has 9 heteroatoms. The van der Waals surface area contributed by atoms with Crippen molar-refractivity contribution in [2.24, 2.45) is 7.05 Å². The van der Waals surface area contributed by atoms with E-state index >= 15 is 0 Å². The van der Waals surface area contributed by atoms with Crippen molar-refractivity contribution in [3.05, 3.63) is 82.9 Å².